The van der Waals surface area contributed by atoms with Crippen LogP contribution in [0.3, 0.4) is 0 Å². The van der Waals surface area contributed by atoms with E-state index in [1.54, 1.807) is 0 Å². The fraction of sp³-hybridized carbons (Fsp3) is 0.167. The standard InChI is InChI=1S/C12H11Br/c1-8-6-10-5-3-4-9(2)12(10)11(13)7-8/h3-7H,1-2H3. The summed E-state index contributed by atoms with van der Waals surface area (Å²) in [6.07, 6.45) is 0. The minimum absolute atomic E-state index is 1.20. The lowest BCUT2D eigenvalue weighted by Crippen LogP contribution is -1.81. The third-order valence-electron chi connectivity index (χ3n) is 2.28. The monoisotopic (exact) mass is 234 g/mol. The Morgan fingerprint density at radius 1 is 1.08 bits per heavy atom. The quantitative estimate of drug-likeness (QED) is 0.641. The molecule has 0 aliphatic rings. The third-order valence-corrected chi connectivity index (χ3v) is 2.91. The first-order chi connectivity index (χ1) is 6.18. The van der Waals surface area contributed by atoms with E-state index in [-0.39, 0.29) is 0 Å². The van der Waals surface area contributed by atoms with Crippen LogP contribution in [0.2, 0.25) is 0 Å². The van der Waals surface area contributed by atoms with Crippen LogP contribution < -0.4 is 0 Å². The van der Waals surface area contributed by atoms with Crippen LogP contribution in [0.15, 0.2) is 34.8 Å². The SMILES string of the molecule is Cc1cc(Br)c2c(C)cccc2c1. The Labute approximate surface area is 86.7 Å². The summed E-state index contributed by atoms with van der Waals surface area (Å²) in [6, 6.07) is 10.8. The normalized spacial score (nSPS) is 10.7. The summed E-state index contributed by atoms with van der Waals surface area (Å²) in [4.78, 5) is 0. The van der Waals surface area contributed by atoms with E-state index < -0.39 is 0 Å². The molecule has 0 saturated carbocycles. The fourth-order valence-electron chi connectivity index (χ4n) is 1.70. The van der Waals surface area contributed by atoms with Gasteiger partial charge in [0.2, 0.25) is 0 Å². The summed E-state index contributed by atoms with van der Waals surface area (Å²) in [5.41, 5.74) is 2.62. The Hall–Kier alpha value is -0.820. The van der Waals surface area contributed by atoms with Crippen LogP contribution in [-0.2, 0) is 0 Å². The predicted molar refractivity (Wildman–Crippen MR) is 61.1 cm³/mol. The Morgan fingerprint density at radius 3 is 2.62 bits per heavy atom. The zero-order chi connectivity index (χ0) is 9.42. The van der Waals surface area contributed by atoms with Crippen molar-refractivity contribution < 1.29 is 0 Å². The Balaban J connectivity index is 2.94. The van der Waals surface area contributed by atoms with Gasteiger partial charge in [0.25, 0.3) is 0 Å². The second kappa shape index (κ2) is 3.15. The summed E-state index contributed by atoms with van der Waals surface area (Å²) in [6.45, 7) is 4.26. The van der Waals surface area contributed by atoms with E-state index in [1.807, 2.05) is 0 Å². The summed E-state index contributed by atoms with van der Waals surface area (Å²) in [5.74, 6) is 0. The molecular weight excluding hydrogens is 224 g/mol. The molecule has 0 amide bonds. The highest BCUT2D eigenvalue weighted by Gasteiger charge is 2.01. The highest BCUT2D eigenvalue weighted by molar-refractivity contribution is 9.10. The first-order valence-electron chi connectivity index (χ1n) is 4.34. The number of fused-ring (bicyclic) bond motifs is 1. The fourth-order valence-corrected chi connectivity index (χ4v) is 2.60. The first-order valence-corrected chi connectivity index (χ1v) is 5.13. The van der Waals surface area contributed by atoms with Gasteiger partial charge in [-0.2, -0.15) is 0 Å². The minimum Gasteiger partial charge on any atom is -0.0614 e. The number of halogens is 1. The van der Waals surface area contributed by atoms with Crippen LogP contribution in [0.25, 0.3) is 10.8 Å². The van der Waals surface area contributed by atoms with Crippen molar-refractivity contribution in [2.24, 2.45) is 0 Å². The van der Waals surface area contributed by atoms with Crippen LogP contribution in [0.4, 0.5) is 0 Å². The van der Waals surface area contributed by atoms with E-state index in [0.29, 0.717) is 0 Å². The lowest BCUT2D eigenvalue weighted by molar-refractivity contribution is 1.46. The van der Waals surface area contributed by atoms with Crippen LogP contribution in [0.1, 0.15) is 11.1 Å². The van der Waals surface area contributed by atoms with E-state index in [0.717, 1.165) is 0 Å². The summed E-state index contributed by atoms with van der Waals surface area (Å²) < 4.78 is 1.20. The second-order valence-electron chi connectivity index (χ2n) is 3.42. The van der Waals surface area contributed by atoms with Crippen LogP contribution in [-0.4, -0.2) is 0 Å². The van der Waals surface area contributed by atoms with E-state index in [2.05, 4.69) is 60.1 Å². The molecule has 1 heteroatoms. The van der Waals surface area contributed by atoms with Gasteiger partial charge in [0.15, 0.2) is 0 Å². The highest BCUT2D eigenvalue weighted by atomic mass is 79.9. The molecule has 0 nitrogen and oxygen atoms in total. The van der Waals surface area contributed by atoms with Crippen molar-refractivity contribution in [2.75, 3.05) is 0 Å². The van der Waals surface area contributed by atoms with Gasteiger partial charge in [-0.1, -0.05) is 40.2 Å². The highest BCUT2D eigenvalue weighted by Crippen LogP contribution is 2.28. The molecule has 2 rings (SSSR count). The van der Waals surface area contributed by atoms with Crippen molar-refractivity contribution in [2.45, 2.75) is 13.8 Å². The van der Waals surface area contributed by atoms with Gasteiger partial charge >= 0.3 is 0 Å². The zero-order valence-electron chi connectivity index (χ0n) is 7.76. The largest absolute Gasteiger partial charge is 0.0614 e. The number of rotatable bonds is 0. The molecule has 0 atom stereocenters. The molecule has 0 radical (unpaired) electrons. The molecular formula is C12H11Br. The lowest BCUT2D eigenvalue weighted by Gasteiger charge is -2.05. The van der Waals surface area contributed by atoms with Crippen molar-refractivity contribution in [3.63, 3.8) is 0 Å². The molecule has 0 fully saturated rings. The molecule has 0 aliphatic carbocycles. The van der Waals surface area contributed by atoms with Crippen molar-refractivity contribution in [1.82, 2.24) is 0 Å². The summed E-state index contributed by atoms with van der Waals surface area (Å²) in [7, 11) is 0. The number of benzene rings is 2. The van der Waals surface area contributed by atoms with Crippen LogP contribution in [0, 0.1) is 13.8 Å². The first kappa shape index (κ1) is 8.76. The van der Waals surface area contributed by atoms with Crippen molar-refractivity contribution in [1.29, 1.82) is 0 Å². The molecule has 0 unspecified atom stereocenters. The molecule has 0 aliphatic heterocycles. The maximum absolute atomic E-state index is 3.60. The van der Waals surface area contributed by atoms with Gasteiger partial charge in [0.05, 0.1) is 0 Å². The third kappa shape index (κ3) is 1.49. The topological polar surface area (TPSA) is 0 Å². The molecule has 0 saturated heterocycles. The molecule has 0 spiro atoms. The zero-order valence-corrected chi connectivity index (χ0v) is 9.35. The summed E-state index contributed by atoms with van der Waals surface area (Å²) >= 11 is 3.60. The molecule has 2 aromatic carbocycles. The molecule has 0 heterocycles. The Kier molecular flexibility index (Phi) is 2.12. The second-order valence-corrected chi connectivity index (χ2v) is 4.27. The molecule has 0 bridgehead atoms. The van der Waals surface area contributed by atoms with E-state index in [4.69, 9.17) is 0 Å². The molecule has 13 heavy (non-hydrogen) atoms. The minimum atomic E-state index is 1.20. The van der Waals surface area contributed by atoms with Gasteiger partial charge in [0.1, 0.15) is 0 Å². The van der Waals surface area contributed by atoms with Gasteiger partial charge in [-0.05, 0) is 41.8 Å². The molecule has 0 aromatic heterocycles. The average molecular weight is 235 g/mol. The van der Waals surface area contributed by atoms with E-state index in [9.17, 15) is 0 Å². The lowest BCUT2D eigenvalue weighted by atomic mass is 10.0. The van der Waals surface area contributed by atoms with Gasteiger partial charge in [-0.25, -0.2) is 0 Å². The van der Waals surface area contributed by atoms with Crippen molar-refractivity contribution in [3.8, 4) is 0 Å². The maximum atomic E-state index is 3.60. The van der Waals surface area contributed by atoms with E-state index >= 15 is 0 Å². The predicted octanol–water partition coefficient (Wildman–Crippen LogP) is 4.22. The number of hydrogen-bond donors (Lipinski definition) is 0. The van der Waals surface area contributed by atoms with Crippen molar-refractivity contribution >= 4 is 26.7 Å². The van der Waals surface area contributed by atoms with Crippen LogP contribution >= 0.6 is 15.9 Å². The van der Waals surface area contributed by atoms with E-state index in [1.165, 1.54) is 26.4 Å². The molecule has 66 valence electrons. The molecule has 0 N–H and O–H groups in total. The Morgan fingerprint density at radius 2 is 1.85 bits per heavy atom. The average Bonchev–Trinajstić information content (AvgIpc) is 2.02. The smallest absolute Gasteiger partial charge is 0.0259 e. The molecule has 2 aromatic rings. The van der Waals surface area contributed by atoms with Gasteiger partial charge in [-0.15, -0.1) is 0 Å². The van der Waals surface area contributed by atoms with Gasteiger partial charge in [0, 0.05) is 4.47 Å². The maximum Gasteiger partial charge on any atom is 0.0259 e. The van der Waals surface area contributed by atoms with Crippen LogP contribution in [0.5, 0.6) is 0 Å². The van der Waals surface area contributed by atoms with Gasteiger partial charge in [-0.3, -0.25) is 0 Å². The van der Waals surface area contributed by atoms with Gasteiger partial charge < -0.3 is 0 Å². The number of hydrogen-bond acceptors (Lipinski definition) is 0. The summed E-state index contributed by atoms with van der Waals surface area (Å²) in [5, 5.41) is 2.64. The Bertz CT molecular complexity index is 458. The van der Waals surface area contributed by atoms with Crippen molar-refractivity contribution in [3.05, 3.63) is 45.9 Å². The number of aryl methyl sites for hydroxylation is 2.